The first-order chi connectivity index (χ1) is 14.8. The van der Waals surface area contributed by atoms with Gasteiger partial charge in [0.15, 0.2) is 0 Å². The van der Waals surface area contributed by atoms with Gasteiger partial charge in [-0.25, -0.2) is 8.42 Å². The third-order valence-corrected chi connectivity index (χ3v) is 7.67. The Balaban J connectivity index is 1.97. The van der Waals surface area contributed by atoms with Crippen LogP contribution >= 0.6 is 34.5 Å². The van der Waals surface area contributed by atoms with Crippen LogP contribution in [0.15, 0.2) is 60.0 Å². The molecule has 0 aliphatic carbocycles. The van der Waals surface area contributed by atoms with Crippen LogP contribution in [0.4, 0.5) is 10.8 Å². The van der Waals surface area contributed by atoms with E-state index in [2.05, 4.69) is 22.1 Å². The van der Waals surface area contributed by atoms with Crippen LogP contribution < -0.4 is 9.62 Å². The summed E-state index contributed by atoms with van der Waals surface area (Å²) in [5.74, 6) is -0.520. The number of sulfonamides is 1. The molecule has 31 heavy (non-hydrogen) atoms. The molecule has 0 saturated carbocycles. The maximum absolute atomic E-state index is 13.4. The van der Waals surface area contributed by atoms with Gasteiger partial charge in [-0.2, -0.15) is 0 Å². The van der Waals surface area contributed by atoms with Crippen molar-refractivity contribution in [1.82, 2.24) is 10.2 Å². The molecule has 0 bridgehead atoms. The molecule has 11 heteroatoms. The van der Waals surface area contributed by atoms with Crippen LogP contribution in [0.5, 0.6) is 0 Å². The Bertz CT molecular complexity index is 1210. The van der Waals surface area contributed by atoms with Crippen LogP contribution in [-0.4, -0.2) is 31.1 Å². The van der Waals surface area contributed by atoms with Gasteiger partial charge < -0.3 is 0 Å². The highest BCUT2D eigenvalue weighted by Crippen LogP contribution is 2.30. The van der Waals surface area contributed by atoms with Crippen molar-refractivity contribution in [2.24, 2.45) is 0 Å². The summed E-state index contributed by atoms with van der Waals surface area (Å²) < 4.78 is 28.0. The van der Waals surface area contributed by atoms with Crippen molar-refractivity contribution in [2.45, 2.75) is 18.2 Å². The molecule has 7 nitrogen and oxygen atoms in total. The zero-order valence-electron chi connectivity index (χ0n) is 16.4. The van der Waals surface area contributed by atoms with E-state index in [0.717, 1.165) is 9.31 Å². The molecule has 0 fully saturated rings. The molecule has 0 unspecified atom stereocenters. The minimum absolute atomic E-state index is 0.00129. The molecule has 1 N–H and O–H groups in total. The zero-order chi connectivity index (χ0) is 22.6. The molecule has 0 aliphatic rings. The van der Waals surface area contributed by atoms with E-state index in [4.69, 9.17) is 23.2 Å². The third-order valence-electron chi connectivity index (χ3n) is 4.16. The number of anilines is 2. The van der Waals surface area contributed by atoms with E-state index in [1.807, 2.05) is 6.92 Å². The molecule has 0 atom stereocenters. The van der Waals surface area contributed by atoms with Crippen LogP contribution in [0.25, 0.3) is 0 Å². The van der Waals surface area contributed by atoms with E-state index in [1.54, 1.807) is 24.3 Å². The Labute approximate surface area is 194 Å². The number of aromatic nitrogens is 2. The van der Waals surface area contributed by atoms with E-state index < -0.39 is 15.9 Å². The number of nitrogens with one attached hydrogen (secondary N) is 1. The molecule has 2 aromatic carbocycles. The molecule has 0 saturated heterocycles. The van der Waals surface area contributed by atoms with Crippen molar-refractivity contribution < 1.29 is 13.2 Å². The Kier molecular flexibility index (Phi) is 7.32. The molecule has 0 spiro atoms. The van der Waals surface area contributed by atoms with E-state index >= 15 is 0 Å². The van der Waals surface area contributed by atoms with Crippen molar-refractivity contribution in [3.63, 3.8) is 0 Å². The average molecular weight is 497 g/mol. The number of hydrogen-bond donors (Lipinski definition) is 1. The summed E-state index contributed by atoms with van der Waals surface area (Å²) >= 11 is 13.4. The molecular formula is C20H18Cl2N4O3S2. The minimum Gasteiger partial charge on any atom is -0.296 e. The van der Waals surface area contributed by atoms with Gasteiger partial charge in [0.2, 0.25) is 5.13 Å². The second kappa shape index (κ2) is 9.78. The van der Waals surface area contributed by atoms with Crippen molar-refractivity contribution in [1.29, 1.82) is 0 Å². The van der Waals surface area contributed by atoms with Crippen molar-refractivity contribution in [3.05, 3.63) is 75.7 Å². The fraction of sp³-hybridized carbons (Fsp3) is 0.150. The van der Waals surface area contributed by atoms with Crippen molar-refractivity contribution >= 4 is 61.3 Å². The van der Waals surface area contributed by atoms with Crippen molar-refractivity contribution in [3.8, 4) is 0 Å². The molecule has 162 valence electrons. The largest absolute Gasteiger partial charge is 0.296 e. The number of carbonyl (C=O) groups excluding carboxylic acids is 1. The topological polar surface area (TPSA) is 92.3 Å². The lowest BCUT2D eigenvalue weighted by atomic mass is 10.2. The van der Waals surface area contributed by atoms with Crippen molar-refractivity contribution in [2.75, 3.05) is 16.2 Å². The summed E-state index contributed by atoms with van der Waals surface area (Å²) in [5.41, 5.74) is 0.502. The maximum atomic E-state index is 13.4. The van der Waals surface area contributed by atoms with Gasteiger partial charge in [0.25, 0.3) is 15.9 Å². The fourth-order valence-electron chi connectivity index (χ4n) is 2.64. The predicted octanol–water partition coefficient (Wildman–Crippen LogP) is 5.04. The van der Waals surface area contributed by atoms with E-state index in [9.17, 15) is 13.2 Å². The monoisotopic (exact) mass is 496 g/mol. The highest BCUT2D eigenvalue weighted by molar-refractivity contribution is 7.93. The van der Waals surface area contributed by atoms with Gasteiger partial charge in [0.05, 0.1) is 17.3 Å². The summed E-state index contributed by atoms with van der Waals surface area (Å²) in [6.07, 6.45) is 2.15. The van der Waals surface area contributed by atoms with Gasteiger partial charge >= 0.3 is 0 Å². The second-order valence-electron chi connectivity index (χ2n) is 6.26. The molecule has 0 radical (unpaired) electrons. The number of aryl methyl sites for hydroxylation is 1. The first kappa shape index (κ1) is 23.2. The van der Waals surface area contributed by atoms with Gasteiger partial charge in [-0.05, 0) is 48.9 Å². The predicted molar refractivity (Wildman–Crippen MR) is 125 cm³/mol. The molecular weight excluding hydrogens is 479 g/mol. The summed E-state index contributed by atoms with van der Waals surface area (Å²) in [6.45, 7) is 5.56. The molecule has 1 heterocycles. The maximum Gasteiger partial charge on any atom is 0.266 e. The fourth-order valence-corrected chi connectivity index (χ4v) is 5.38. The normalized spacial score (nSPS) is 11.2. The quantitative estimate of drug-likeness (QED) is 0.440. The molecule has 1 aromatic heterocycles. The Hall–Kier alpha value is -2.46. The van der Waals surface area contributed by atoms with Crippen LogP contribution in [0.1, 0.15) is 22.3 Å². The van der Waals surface area contributed by atoms with Crippen LogP contribution in [0.2, 0.25) is 10.0 Å². The van der Waals surface area contributed by atoms with Gasteiger partial charge in [-0.15, -0.1) is 16.8 Å². The average Bonchev–Trinajstić information content (AvgIpc) is 3.20. The number of nitrogens with zero attached hydrogens (tertiary/aromatic N) is 3. The lowest BCUT2D eigenvalue weighted by Gasteiger charge is -2.24. The van der Waals surface area contributed by atoms with E-state index in [1.165, 1.54) is 35.6 Å². The number of amides is 1. The third kappa shape index (κ3) is 5.24. The second-order valence-corrected chi connectivity index (χ2v) is 9.99. The number of halogens is 2. The first-order valence-electron chi connectivity index (χ1n) is 9.08. The van der Waals surface area contributed by atoms with Gasteiger partial charge in [-0.1, -0.05) is 47.5 Å². The van der Waals surface area contributed by atoms with Crippen LogP contribution in [-0.2, 0) is 16.4 Å². The standard InChI is InChI=1S/C20H18Cl2N4O3S2/c1-3-11-26(15-8-6-14(21)7-9-15)31(28,29)17-12-13(5-10-16(17)22)19(27)23-20-25-24-18(4-2)30-20/h3,5-10,12H,1,4,11H2,2H3,(H,23,25,27). The smallest absolute Gasteiger partial charge is 0.266 e. The zero-order valence-corrected chi connectivity index (χ0v) is 19.5. The van der Waals surface area contributed by atoms with Gasteiger partial charge in [0, 0.05) is 10.6 Å². The Morgan fingerprint density at radius 2 is 1.90 bits per heavy atom. The van der Waals surface area contributed by atoms with E-state index in [0.29, 0.717) is 22.3 Å². The number of benzene rings is 2. The summed E-state index contributed by atoms with van der Waals surface area (Å²) in [7, 11) is -4.11. The number of rotatable bonds is 8. The van der Waals surface area contributed by atoms with Gasteiger partial charge in [0.1, 0.15) is 9.90 Å². The lowest BCUT2D eigenvalue weighted by molar-refractivity contribution is 0.102. The highest BCUT2D eigenvalue weighted by atomic mass is 35.5. The molecule has 3 rings (SSSR count). The lowest BCUT2D eigenvalue weighted by Crippen LogP contribution is -2.31. The van der Waals surface area contributed by atoms with Gasteiger partial charge in [-0.3, -0.25) is 14.4 Å². The summed E-state index contributed by atoms with van der Waals surface area (Å²) in [4.78, 5) is 12.4. The van der Waals surface area contributed by atoms with E-state index in [-0.39, 0.29) is 22.0 Å². The summed E-state index contributed by atoms with van der Waals surface area (Å²) in [6, 6.07) is 10.4. The highest BCUT2D eigenvalue weighted by Gasteiger charge is 2.27. The van der Waals surface area contributed by atoms with Crippen LogP contribution in [0, 0.1) is 0 Å². The molecule has 3 aromatic rings. The molecule has 0 aliphatic heterocycles. The Morgan fingerprint density at radius 1 is 1.19 bits per heavy atom. The minimum atomic E-state index is -4.11. The van der Waals surface area contributed by atoms with Crippen LogP contribution in [0.3, 0.4) is 0 Å². The molecule has 1 amide bonds. The number of hydrogen-bond acceptors (Lipinski definition) is 6. The summed E-state index contributed by atoms with van der Waals surface area (Å²) in [5, 5.41) is 12.0. The SMILES string of the molecule is C=CCN(c1ccc(Cl)cc1)S(=O)(=O)c1cc(C(=O)Nc2nnc(CC)s2)ccc1Cl. The Morgan fingerprint density at radius 3 is 2.52 bits per heavy atom. The number of carbonyl (C=O) groups is 1. The first-order valence-corrected chi connectivity index (χ1v) is 12.1.